The first-order valence-electron chi connectivity index (χ1n) is 7.13. The minimum absolute atomic E-state index is 0.181. The molecule has 0 aliphatic heterocycles. The SMILES string of the molecule is CN(C)Cc1cc(CNc2nc3ccccc3o2)ccc1F. The van der Waals surface area contributed by atoms with Crippen molar-refractivity contribution in [3.05, 3.63) is 59.4 Å². The number of nitrogens with zero attached hydrogens (tertiary/aromatic N) is 2. The smallest absolute Gasteiger partial charge is 0.295 e. The Kier molecular flexibility index (Phi) is 4.06. The molecule has 0 saturated carbocycles. The lowest BCUT2D eigenvalue weighted by Gasteiger charge is -2.12. The summed E-state index contributed by atoms with van der Waals surface area (Å²) in [5.74, 6) is -0.181. The van der Waals surface area contributed by atoms with Gasteiger partial charge in [0.2, 0.25) is 0 Å². The van der Waals surface area contributed by atoms with Crippen molar-refractivity contribution in [2.75, 3.05) is 19.4 Å². The fourth-order valence-corrected chi connectivity index (χ4v) is 2.33. The third-order valence-corrected chi connectivity index (χ3v) is 3.33. The molecule has 1 heterocycles. The predicted molar refractivity (Wildman–Crippen MR) is 85.1 cm³/mol. The number of rotatable bonds is 5. The van der Waals surface area contributed by atoms with Gasteiger partial charge < -0.3 is 14.6 Å². The lowest BCUT2D eigenvalue weighted by molar-refractivity contribution is 0.392. The summed E-state index contributed by atoms with van der Waals surface area (Å²) in [4.78, 5) is 6.30. The van der Waals surface area contributed by atoms with Crippen molar-refractivity contribution < 1.29 is 8.81 Å². The van der Waals surface area contributed by atoms with Gasteiger partial charge >= 0.3 is 0 Å². The largest absolute Gasteiger partial charge is 0.424 e. The summed E-state index contributed by atoms with van der Waals surface area (Å²) in [6.45, 7) is 1.11. The topological polar surface area (TPSA) is 41.3 Å². The first kappa shape index (κ1) is 14.5. The number of anilines is 1. The van der Waals surface area contributed by atoms with Gasteiger partial charge in [-0.15, -0.1) is 0 Å². The zero-order valence-electron chi connectivity index (χ0n) is 12.6. The zero-order chi connectivity index (χ0) is 15.5. The van der Waals surface area contributed by atoms with Gasteiger partial charge in [-0.25, -0.2) is 4.39 Å². The molecular formula is C17H18FN3O. The molecule has 4 nitrogen and oxygen atoms in total. The summed E-state index contributed by atoms with van der Waals surface area (Å²) in [6, 6.07) is 13.2. The first-order chi connectivity index (χ1) is 10.6. The van der Waals surface area contributed by atoms with Gasteiger partial charge in [-0.3, -0.25) is 0 Å². The van der Waals surface area contributed by atoms with Gasteiger partial charge in [-0.2, -0.15) is 4.98 Å². The Morgan fingerprint density at radius 1 is 1.18 bits per heavy atom. The van der Waals surface area contributed by atoms with E-state index in [0.717, 1.165) is 16.7 Å². The van der Waals surface area contributed by atoms with Crippen LogP contribution in [0, 0.1) is 5.82 Å². The van der Waals surface area contributed by atoms with Crippen LogP contribution in [0.15, 0.2) is 46.9 Å². The number of nitrogens with one attached hydrogen (secondary N) is 1. The average molecular weight is 299 g/mol. The number of fused-ring (bicyclic) bond motifs is 1. The Hall–Kier alpha value is -2.40. The molecule has 114 valence electrons. The average Bonchev–Trinajstić information content (AvgIpc) is 2.90. The van der Waals surface area contributed by atoms with E-state index in [-0.39, 0.29) is 5.82 Å². The van der Waals surface area contributed by atoms with E-state index >= 15 is 0 Å². The maximum absolute atomic E-state index is 13.8. The summed E-state index contributed by atoms with van der Waals surface area (Å²) in [6.07, 6.45) is 0. The van der Waals surface area contributed by atoms with Gasteiger partial charge in [0.05, 0.1) is 0 Å². The molecule has 0 bridgehead atoms. The van der Waals surface area contributed by atoms with Crippen molar-refractivity contribution in [3.8, 4) is 0 Å². The molecule has 0 radical (unpaired) electrons. The summed E-state index contributed by atoms with van der Waals surface area (Å²) in [5, 5.41) is 3.14. The summed E-state index contributed by atoms with van der Waals surface area (Å²) in [5.41, 5.74) is 3.23. The number of hydrogen-bond donors (Lipinski definition) is 1. The second-order valence-electron chi connectivity index (χ2n) is 5.50. The van der Waals surface area contributed by atoms with Crippen LogP contribution < -0.4 is 5.32 Å². The van der Waals surface area contributed by atoms with Crippen LogP contribution in [0.1, 0.15) is 11.1 Å². The third-order valence-electron chi connectivity index (χ3n) is 3.33. The predicted octanol–water partition coefficient (Wildman–Crippen LogP) is 3.64. The summed E-state index contributed by atoms with van der Waals surface area (Å²) < 4.78 is 19.4. The van der Waals surface area contributed by atoms with Gasteiger partial charge in [0.1, 0.15) is 11.3 Å². The van der Waals surface area contributed by atoms with E-state index in [4.69, 9.17) is 4.42 Å². The Labute approximate surface area is 128 Å². The standard InChI is InChI=1S/C17H18FN3O/c1-21(2)11-13-9-12(7-8-14(13)18)10-19-17-20-15-5-3-4-6-16(15)22-17/h3-9H,10-11H2,1-2H3,(H,19,20). The second-order valence-corrected chi connectivity index (χ2v) is 5.50. The molecule has 0 aliphatic rings. The molecule has 0 aliphatic carbocycles. The highest BCUT2D eigenvalue weighted by Crippen LogP contribution is 2.19. The highest BCUT2D eigenvalue weighted by Gasteiger charge is 2.07. The summed E-state index contributed by atoms with van der Waals surface area (Å²) >= 11 is 0. The Morgan fingerprint density at radius 2 is 2.00 bits per heavy atom. The van der Waals surface area contributed by atoms with Crippen LogP contribution in [0.5, 0.6) is 0 Å². The van der Waals surface area contributed by atoms with Crippen LogP contribution in [0.4, 0.5) is 10.4 Å². The van der Waals surface area contributed by atoms with E-state index in [9.17, 15) is 4.39 Å². The Bertz CT molecular complexity index is 749. The number of para-hydroxylation sites is 2. The van der Waals surface area contributed by atoms with E-state index in [1.807, 2.05) is 49.3 Å². The van der Waals surface area contributed by atoms with E-state index in [1.54, 1.807) is 6.07 Å². The summed E-state index contributed by atoms with van der Waals surface area (Å²) in [7, 11) is 3.84. The first-order valence-corrected chi connectivity index (χ1v) is 7.13. The molecule has 0 atom stereocenters. The Balaban J connectivity index is 1.73. The monoisotopic (exact) mass is 299 g/mol. The number of aromatic nitrogens is 1. The normalized spacial score (nSPS) is 11.3. The van der Waals surface area contributed by atoms with E-state index in [1.165, 1.54) is 6.07 Å². The minimum atomic E-state index is -0.181. The van der Waals surface area contributed by atoms with Crippen molar-refractivity contribution in [2.24, 2.45) is 0 Å². The molecule has 5 heteroatoms. The molecule has 0 spiro atoms. The van der Waals surface area contributed by atoms with Crippen LogP contribution in [0.2, 0.25) is 0 Å². The van der Waals surface area contributed by atoms with Crippen LogP contribution in [-0.4, -0.2) is 24.0 Å². The van der Waals surface area contributed by atoms with Gasteiger partial charge in [-0.05, 0) is 43.9 Å². The molecule has 0 unspecified atom stereocenters. The number of oxazole rings is 1. The molecule has 1 aromatic heterocycles. The van der Waals surface area contributed by atoms with Crippen LogP contribution >= 0.6 is 0 Å². The lowest BCUT2D eigenvalue weighted by Crippen LogP contribution is -2.12. The molecule has 0 fully saturated rings. The maximum atomic E-state index is 13.8. The van der Waals surface area contributed by atoms with E-state index in [0.29, 0.717) is 24.7 Å². The fourth-order valence-electron chi connectivity index (χ4n) is 2.33. The van der Waals surface area contributed by atoms with Crippen molar-refractivity contribution in [1.82, 2.24) is 9.88 Å². The van der Waals surface area contributed by atoms with Crippen LogP contribution in [0.25, 0.3) is 11.1 Å². The van der Waals surface area contributed by atoms with Crippen molar-refractivity contribution in [2.45, 2.75) is 13.1 Å². The fraction of sp³-hybridized carbons (Fsp3) is 0.235. The molecule has 3 aromatic rings. The van der Waals surface area contributed by atoms with Crippen LogP contribution in [0.3, 0.4) is 0 Å². The molecule has 2 aromatic carbocycles. The van der Waals surface area contributed by atoms with E-state index in [2.05, 4.69) is 10.3 Å². The highest BCUT2D eigenvalue weighted by atomic mass is 19.1. The van der Waals surface area contributed by atoms with Crippen molar-refractivity contribution in [1.29, 1.82) is 0 Å². The lowest BCUT2D eigenvalue weighted by atomic mass is 10.1. The van der Waals surface area contributed by atoms with Gasteiger partial charge in [0, 0.05) is 18.7 Å². The maximum Gasteiger partial charge on any atom is 0.295 e. The van der Waals surface area contributed by atoms with Gasteiger partial charge in [0.15, 0.2) is 5.58 Å². The third kappa shape index (κ3) is 3.26. The molecular weight excluding hydrogens is 281 g/mol. The van der Waals surface area contributed by atoms with Gasteiger partial charge in [-0.1, -0.05) is 18.2 Å². The Morgan fingerprint density at radius 3 is 2.77 bits per heavy atom. The zero-order valence-corrected chi connectivity index (χ0v) is 12.6. The molecule has 1 N–H and O–H groups in total. The molecule has 0 saturated heterocycles. The number of hydrogen-bond acceptors (Lipinski definition) is 4. The molecule has 0 amide bonds. The van der Waals surface area contributed by atoms with E-state index < -0.39 is 0 Å². The molecule has 22 heavy (non-hydrogen) atoms. The minimum Gasteiger partial charge on any atom is -0.424 e. The van der Waals surface area contributed by atoms with Gasteiger partial charge in [0.25, 0.3) is 6.01 Å². The number of benzene rings is 2. The molecule has 3 rings (SSSR count). The number of halogens is 1. The van der Waals surface area contributed by atoms with Crippen molar-refractivity contribution >= 4 is 17.1 Å². The van der Waals surface area contributed by atoms with Crippen LogP contribution in [-0.2, 0) is 13.1 Å². The quantitative estimate of drug-likeness (QED) is 0.781. The second kappa shape index (κ2) is 6.15. The highest BCUT2D eigenvalue weighted by molar-refractivity contribution is 5.74. The van der Waals surface area contributed by atoms with Crippen molar-refractivity contribution in [3.63, 3.8) is 0 Å².